The first-order valence-electron chi connectivity index (χ1n) is 5.20. The minimum atomic E-state index is -0.0640. The van der Waals surface area contributed by atoms with E-state index in [1.54, 1.807) is 11.8 Å². The summed E-state index contributed by atoms with van der Waals surface area (Å²) in [5.74, 6) is 1.36. The number of aromatic nitrogens is 2. The Morgan fingerprint density at radius 3 is 2.83 bits per heavy atom. The molecule has 0 radical (unpaired) electrons. The van der Waals surface area contributed by atoms with Crippen molar-refractivity contribution in [3.63, 3.8) is 0 Å². The van der Waals surface area contributed by atoms with Crippen molar-refractivity contribution < 1.29 is 0 Å². The Morgan fingerprint density at radius 2 is 2.17 bits per heavy atom. The first-order valence-corrected chi connectivity index (χ1v) is 8.06. The molecule has 18 heavy (non-hydrogen) atoms. The van der Waals surface area contributed by atoms with E-state index in [1.165, 1.54) is 0 Å². The number of benzene rings is 1. The van der Waals surface area contributed by atoms with E-state index in [2.05, 4.69) is 25.9 Å². The SMILES string of the molecule is Cc1nc(CSc2ccccc2Br)[nH]c(=O)c1I. The average molecular weight is 437 g/mol. The van der Waals surface area contributed by atoms with E-state index >= 15 is 0 Å². The van der Waals surface area contributed by atoms with Crippen LogP contribution in [0.15, 0.2) is 38.4 Å². The van der Waals surface area contributed by atoms with E-state index in [1.807, 2.05) is 53.8 Å². The molecule has 3 nitrogen and oxygen atoms in total. The molecular weight excluding hydrogens is 427 g/mol. The molecule has 0 unspecified atom stereocenters. The number of thioether (sulfide) groups is 1. The Balaban J connectivity index is 2.17. The molecule has 1 heterocycles. The maximum Gasteiger partial charge on any atom is 0.264 e. The maximum atomic E-state index is 11.6. The van der Waals surface area contributed by atoms with Crippen LogP contribution in [0.4, 0.5) is 0 Å². The zero-order valence-corrected chi connectivity index (χ0v) is 14.1. The lowest BCUT2D eigenvalue weighted by atomic mass is 10.4. The second-order valence-corrected chi connectivity index (χ2v) is 6.58. The number of halogens is 2. The zero-order valence-electron chi connectivity index (χ0n) is 9.54. The van der Waals surface area contributed by atoms with E-state index in [-0.39, 0.29) is 5.56 Å². The van der Waals surface area contributed by atoms with Crippen molar-refractivity contribution in [2.75, 3.05) is 0 Å². The molecule has 0 aliphatic heterocycles. The highest BCUT2D eigenvalue weighted by molar-refractivity contribution is 14.1. The zero-order chi connectivity index (χ0) is 13.1. The first-order chi connectivity index (χ1) is 8.58. The van der Waals surface area contributed by atoms with E-state index in [0.29, 0.717) is 15.1 Å². The Kier molecular flexibility index (Phi) is 4.85. The highest BCUT2D eigenvalue weighted by Crippen LogP contribution is 2.28. The number of rotatable bonds is 3. The summed E-state index contributed by atoms with van der Waals surface area (Å²) in [6, 6.07) is 8.00. The van der Waals surface area contributed by atoms with Crippen molar-refractivity contribution in [1.29, 1.82) is 0 Å². The molecule has 6 heteroatoms. The van der Waals surface area contributed by atoms with Gasteiger partial charge in [-0.25, -0.2) is 4.98 Å². The summed E-state index contributed by atoms with van der Waals surface area (Å²) < 4.78 is 1.71. The molecule has 1 aromatic carbocycles. The standard InChI is InChI=1S/C12H10BrIN2OS/c1-7-11(14)12(17)16-10(15-7)6-18-9-5-3-2-4-8(9)13/h2-5H,6H2,1H3,(H,15,16,17). The van der Waals surface area contributed by atoms with Gasteiger partial charge in [0.25, 0.3) is 5.56 Å². The normalized spacial score (nSPS) is 10.6. The lowest BCUT2D eigenvalue weighted by Crippen LogP contribution is -2.16. The Bertz CT molecular complexity index is 630. The summed E-state index contributed by atoms with van der Waals surface area (Å²) in [6.07, 6.45) is 0. The molecule has 2 rings (SSSR count). The lowest BCUT2D eigenvalue weighted by Gasteiger charge is -2.05. The minimum Gasteiger partial charge on any atom is -0.309 e. The van der Waals surface area contributed by atoms with Crippen LogP contribution in [-0.2, 0) is 5.75 Å². The van der Waals surface area contributed by atoms with Gasteiger partial charge in [-0.05, 0) is 57.6 Å². The number of nitrogens with one attached hydrogen (secondary N) is 1. The highest BCUT2D eigenvalue weighted by atomic mass is 127. The van der Waals surface area contributed by atoms with E-state index < -0.39 is 0 Å². The Morgan fingerprint density at radius 1 is 1.44 bits per heavy atom. The Labute approximate surface area is 131 Å². The van der Waals surface area contributed by atoms with Crippen molar-refractivity contribution in [3.05, 3.63) is 54.2 Å². The topological polar surface area (TPSA) is 45.8 Å². The van der Waals surface area contributed by atoms with Crippen LogP contribution in [0.5, 0.6) is 0 Å². The average Bonchev–Trinajstić information content (AvgIpc) is 2.35. The van der Waals surface area contributed by atoms with Gasteiger partial charge in [0.05, 0.1) is 15.0 Å². The van der Waals surface area contributed by atoms with Gasteiger partial charge in [-0.3, -0.25) is 4.79 Å². The lowest BCUT2D eigenvalue weighted by molar-refractivity contribution is 0.953. The van der Waals surface area contributed by atoms with Gasteiger partial charge in [-0.1, -0.05) is 12.1 Å². The van der Waals surface area contributed by atoms with Crippen LogP contribution >= 0.6 is 50.3 Å². The van der Waals surface area contributed by atoms with Gasteiger partial charge in [0.2, 0.25) is 0 Å². The number of aryl methyl sites for hydroxylation is 1. The summed E-state index contributed by atoms with van der Waals surface area (Å²) >= 11 is 7.15. The van der Waals surface area contributed by atoms with Gasteiger partial charge in [-0.2, -0.15) is 0 Å². The number of nitrogens with zero attached hydrogens (tertiary/aromatic N) is 1. The van der Waals surface area contributed by atoms with Crippen LogP contribution in [0.25, 0.3) is 0 Å². The van der Waals surface area contributed by atoms with Gasteiger partial charge in [-0.15, -0.1) is 11.8 Å². The molecule has 0 saturated heterocycles. The molecule has 0 amide bonds. The molecule has 0 saturated carbocycles. The molecular formula is C12H10BrIN2OS. The summed E-state index contributed by atoms with van der Waals surface area (Å²) in [4.78, 5) is 19.9. The monoisotopic (exact) mass is 436 g/mol. The van der Waals surface area contributed by atoms with Crippen molar-refractivity contribution in [3.8, 4) is 0 Å². The second-order valence-electron chi connectivity index (χ2n) is 3.63. The van der Waals surface area contributed by atoms with E-state index in [9.17, 15) is 4.79 Å². The summed E-state index contributed by atoms with van der Waals surface area (Å²) in [6.45, 7) is 1.85. The fourth-order valence-corrected chi connectivity index (χ4v) is 3.10. The largest absolute Gasteiger partial charge is 0.309 e. The molecule has 0 aliphatic rings. The Hall–Kier alpha value is -0.340. The van der Waals surface area contributed by atoms with Crippen molar-refractivity contribution >= 4 is 50.3 Å². The molecule has 1 N–H and O–H groups in total. The quantitative estimate of drug-likeness (QED) is 0.588. The van der Waals surface area contributed by atoms with Crippen LogP contribution in [0.1, 0.15) is 11.5 Å². The molecule has 94 valence electrons. The molecule has 0 aliphatic carbocycles. The van der Waals surface area contributed by atoms with Gasteiger partial charge >= 0.3 is 0 Å². The fraction of sp³-hybridized carbons (Fsp3) is 0.167. The third kappa shape index (κ3) is 3.36. The molecule has 0 atom stereocenters. The molecule has 0 spiro atoms. The van der Waals surface area contributed by atoms with Gasteiger partial charge in [0.1, 0.15) is 5.82 Å². The third-order valence-electron chi connectivity index (χ3n) is 2.28. The van der Waals surface area contributed by atoms with Gasteiger partial charge in [0, 0.05) is 9.37 Å². The van der Waals surface area contributed by atoms with Crippen LogP contribution in [0.2, 0.25) is 0 Å². The molecule has 2 aromatic rings. The van der Waals surface area contributed by atoms with Crippen molar-refractivity contribution in [2.24, 2.45) is 0 Å². The third-order valence-corrected chi connectivity index (χ3v) is 5.59. The minimum absolute atomic E-state index is 0.0640. The molecule has 0 fully saturated rings. The number of hydrogen-bond donors (Lipinski definition) is 1. The summed E-state index contributed by atoms with van der Waals surface area (Å²) in [5, 5.41) is 0. The van der Waals surface area contributed by atoms with Gasteiger partial charge in [0.15, 0.2) is 0 Å². The van der Waals surface area contributed by atoms with Crippen molar-refractivity contribution in [1.82, 2.24) is 9.97 Å². The van der Waals surface area contributed by atoms with Crippen LogP contribution in [-0.4, -0.2) is 9.97 Å². The van der Waals surface area contributed by atoms with Crippen LogP contribution in [0, 0.1) is 10.5 Å². The number of hydrogen-bond acceptors (Lipinski definition) is 3. The van der Waals surface area contributed by atoms with Crippen LogP contribution < -0.4 is 5.56 Å². The molecule has 1 aromatic heterocycles. The molecule has 0 bridgehead atoms. The predicted molar refractivity (Wildman–Crippen MR) is 86.0 cm³/mol. The van der Waals surface area contributed by atoms with E-state index in [4.69, 9.17) is 0 Å². The number of aromatic amines is 1. The van der Waals surface area contributed by atoms with E-state index in [0.717, 1.165) is 15.1 Å². The first kappa shape index (κ1) is 14.1. The summed E-state index contributed by atoms with van der Waals surface area (Å²) in [5.41, 5.74) is 0.716. The fourth-order valence-electron chi connectivity index (χ4n) is 1.41. The van der Waals surface area contributed by atoms with Crippen LogP contribution in [0.3, 0.4) is 0 Å². The second kappa shape index (κ2) is 6.21. The number of H-pyrrole nitrogens is 1. The maximum absolute atomic E-state index is 11.6. The smallest absolute Gasteiger partial charge is 0.264 e. The predicted octanol–water partition coefficient (Wildman–Crippen LogP) is 3.74. The highest BCUT2D eigenvalue weighted by Gasteiger charge is 2.06. The van der Waals surface area contributed by atoms with Gasteiger partial charge < -0.3 is 4.98 Å². The summed E-state index contributed by atoms with van der Waals surface area (Å²) in [7, 11) is 0. The van der Waals surface area contributed by atoms with Crippen molar-refractivity contribution in [2.45, 2.75) is 17.6 Å².